The standard InChI is InChI=1S/C24H27ClN2O5/c1-15-16(2)26-27(4)23(15)32-22-14-21(31-17(3)24(28)29)18(13-20(22)25)9-8-12-30-19-10-6-5-7-11-19/h5-7,10-11,13-14,17H,8-9,12H2,1-4H3,(H,28,29)/t17-/m0/s1. The summed E-state index contributed by atoms with van der Waals surface area (Å²) in [5.74, 6) is 1.09. The summed E-state index contributed by atoms with van der Waals surface area (Å²) in [6.45, 7) is 5.79. The lowest BCUT2D eigenvalue weighted by Crippen LogP contribution is -2.23. The van der Waals surface area contributed by atoms with E-state index in [2.05, 4.69) is 5.10 Å². The van der Waals surface area contributed by atoms with Crippen molar-refractivity contribution in [2.45, 2.75) is 39.7 Å². The third-order valence-corrected chi connectivity index (χ3v) is 5.33. The van der Waals surface area contributed by atoms with Crippen LogP contribution < -0.4 is 14.2 Å². The van der Waals surface area contributed by atoms with E-state index in [9.17, 15) is 9.90 Å². The fourth-order valence-electron chi connectivity index (χ4n) is 3.16. The Labute approximate surface area is 192 Å². The van der Waals surface area contributed by atoms with E-state index in [1.165, 1.54) is 6.92 Å². The topological polar surface area (TPSA) is 82.8 Å². The minimum atomic E-state index is -1.06. The molecule has 0 spiro atoms. The molecule has 0 fully saturated rings. The molecular weight excluding hydrogens is 432 g/mol. The third-order valence-electron chi connectivity index (χ3n) is 5.03. The van der Waals surface area contributed by atoms with Crippen molar-refractivity contribution in [3.8, 4) is 23.1 Å². The lowest BCUT2D eigenvalue weighted by molar-refractivity contribution is -0.144. The van der Waals surface area contributed by atoms with E-state index >= 15 is 0 Å². The molecule has 0 bridgehead atoms. The Hall–Kier alpha value is -3.19. The maximum absolute atomic E-state index is 11.4. The van der Waals surface area contributed by atoms with Crippen molar-refractivity contribution in [3.63, 3.8) is 0 Å². The Kier molecular flexibility index (Phi) is 7.64. The first-order chi connectivity index (χ1) is 15.3. The molecule has 1 aromatic heterocycles. The summed E-state index contributed by atoms with van der Waals surface area (Å²) in [5, 5.41) is 14.0. The number of nitrogens with zero attached hydrogens (tertiary/aromatic N) is 2. The van der Waals surface area contributed by atoms with E-state index < -0.39 is 12.1 Å². The first kappa shape index (κ1) is 23.5. The highest BCUT2D eigenvalue weighted by Gasteiger charge is 2.19. The average Bonchev–Trinajstić information content (AvgIpc) is 3.00. The van der Waals surface area contributed by atoms with Crippen LogP contribution in [0.3, 0.4) is 0 Å². The maximum Gasteiger partial charge on any atom is 0.344 e. The average molecular weight is 459 g/mol. The van der Waals surface area contributed by atoms with Crippen LogP contribution in [0.25, 0.3) is 0 Å². The van der Waals surface area contributed by atoms with Gasteiger partial charge in [0.15, 0.2) is 11.9 Å². The predicted molar refractivity (Wildman–Crippen MR) is 122 cm³/mol. The van der Waals surface area contributed by atoms with Crippen LogP contribution >= 0.6 is 11.6 Å². The van der Waals surface area contributed by atoms with Crippen molar-refractivity contribution >= 4 is 17.6 Å². The van der Waals surface area contributed by atoms with Gasteiger partial charge in [-0.1, -0.05) is 29.8 Å². The summed E-state index contributed by atoms with van der Waals surface area (Å²) in [6.07, 6.45) is 0.269. The number of benzene rings is 2. The number of aromatic nitrogens is 2. The second kappa shape index (κ2) is 10.4. The van der Waals surface area contributed by atoms with E-state index in [0.717, 1.165) is 22.6 Å². The summed E-state index contributed by atoms with van der Waals surface area (Å²) in [4.78, 5) is 11.4. The van der Waals surface area contributed by atoms with Gasteiger partial charge in [0.25, 0.3) is 0 Å². The molecule has 32 heavy (non-hydrogen) atoms. The van der Waals surface area contributed by atoms with Gasteiger partial charge in [-0.2, -0.15) is 5.10 Å². The van der Waals surface area contributed by atoms with Gasteiger partial charge in [0, 0.05) is 18.7 Å². The Bertz CT molecular complexity index is 1080. The molecule has 3 rings (SSSR count). The molecular formula is C24H27ClN2O5. The smallest absolute Gasteiger partial charge is 0.344 e. The number of hydrogen-bond donors (Lipinski definition) is 1. The molecule has 1 heterocycles. The van der Waals surface area contributed by atoms with E-state index in [0.29, 0.717) is 41.9 Å². The number of rotatable bonds is 10. The maximum atomic E-state index is 11.4. The Morgan fingerprint density at radius 3 is 2.53 bits per heavy atom. The van der Waals surface area contributed by atoms with E-state index in [1.54, 1.807) is 23.9 Å². The highest BCUT2D eigenvalue weighted by Crippen LogP contribution is 2.37. The van der Waals surface area contributed by atoms with Crippen LogP contribution in [0.2, 0.25) is 5.02 Å². The molecule has 0 saturated carbocycles. The van der Waals surface area contributed by atoms with Crippen LogP contribution in [-0.4, -0.2) is 33.6 Å². The van der Waals surface area contributed by atoms with Gasteiger partial charge in [0.1, 0.15) is 11.5 Å². The van der Waals surface area contributed by atoms with Crippen molar-refractivity contribution in [2.24, 2.45) is 7.05 Å². The second-order valence-corrected chi connectivity index (χ2v) is 7.90. The highest BCUT2D eigenvalue weighted by molar-refractivity contribution is 6.32. The zero-order valence-electron chi connectivity index (χ0n) is 18.6. The van der Waals surface area contributed by atoms with Crippen molar-refractivity contribution < 1.29 is 24.1 Å². The molecule has 0 saturated heterocycles. The number of carbonyl (C=O) groups is 1. The van der Waals surface area contributed by atoms with Crippen molar-refractivity contribution in [2.75, 3.05) is 6.61 Å². The third kappa shape index (κ3) is 5.73. The molecule has 1 atom stereocenters. The molecule has 170 valence electrons. The molecule has 2 aromatic carbocycles. The van der Waals surface area contributed by atoms with Gasteiger partial charge in [-0.15, -0.1) is 0 Å². The van der Waals surface area contributed by atoms with E-state index in [4.69, 9.17) is 25.8 Å². The van der Waals surface area contributed by atoms with Crippen molar-refractivity contribution in [1.29, 1.82) is 0 Å². The molecule has 0 amide bonds. The Morgan fingerprint density at radius 2 is 1.91 bits per heavy atom. The molecule has 0 aliphatic heterocycles. The number of hydrogen-bond acceptors (Lipinski definition) is 5. The summed E-state index contributed by atoms with van der Waals surface area (Å²) < 4.78 is 19.1. The van der Waals surface area contributed by atoms with Gasteiger partial charge >= 0.3 is 5.97 Å². The van der Waals surface area contributed by atoms with Crippen molar-refractivity contribution in [3.05, 3.63) is 64.3 Å². The number of halogens is 1. The minimum absolute atomic E-state index is 0.370. The van der Waals surface area contributed by atoms with Gasteiger partial charge in [-0.25, -0.2) is 9.48 Å². The Balaban J connectivity index is 1.80. The molecule has 0 radical (unpaired) electrons. The normalized spacial score (nSPS) is 11.8. The summed E-state index contributed by atoms with van der Waals surface area (Å²) in [7, 11) is 1.79. The summed E-state index contributed by atoms with van der Waals surface area (Å²) in [6, 6.07) is 12.9. The number of para-hydroxylation sites is 1. The van der Waals surface area contributed by atoms with Crippen molar-refractivity contribution in [1.82, 2.24) is 9.78 Å². The zero-order valence-corrected chi connectivity index (χ0v) is 19.3. The molecule has 0 aliphatic rings. The number of carboxylic acids is 1. The monoisotopic (exact) mass is 458 g/mol. The largest absolute Gasteiger partial charge is 0.494 e. The first-order valence-electron chi connectivity index (χ1n) is 10.3. The highest BCUT2D eigenvalue weighted by atomic mass is 35.5. The Morgan fingerprint density at radius 1 is 1.19 bits per heavy atom. The fourth-order valence-corrected chi connectivity index (χ4v) is 3.38. The first-order valence-corrected chi connectivity index (χ1v) is 10.7. The van der Waals surface area contributed by atoms with Crippen LogP contribution in [0, 0.1) is 13.8 Å². The summed E-state index contributed by atoms with van der Waals surface area (Å²) >= 11 is 6.51. The quantitative estimate of drug-likeness (QED) is 0.412. The number of carboxylic acid groups (broad SMARTS) is 1. The molecule has 0 unspecified atom stereocenters. The van der Waals surface area contributed by atoms with Crippen LogP contribution in [0.5, 0.6) is 23.1 Å². The lowest BCUT2D eigenvalue weighted by Gasteiger charge is -2.18. The number of aryl methyl sites for hydroxylation is 3. The number of aliphatic carboxylic acids is 1. The number of ether oxygens (including phenoxy) is 3. The van der Waals surface area contributed by atoms with Crippen LogP contribution in [0.4, 0.5) is 0 Å². The van der Waals surface area contributed by atoms with Crippen LogP contribution in [-0.2, 0) is 18.3 Å². The molecule has 0 aliphatic carbocycles. The zero-order chi connectivity index (χ0) is 23.3. The van der Waals surface area contributed by atoms with E-state index in [1.807, 2.05) is 44.2 Å². The van der Waals surface area contributed by atoms with Crippen LogP contribution in [0.15, 0.2) is 42.5 Å². The molecule has 8 heteroatoms. The van der Waals surface area contributed by atoms with Gasteiger partial charge in [-0.05, 0) is 57.4 Å². The van der Waals surface area contributed by atoms with Gasteiger partial charge in [-0.3, -0.25) is 0 Å². The van der Waals surface area contributed by atoms with Gasteiger partial charge < -0.3 is 19.3 Å². The van der Waals surface area contributed by atoms with Crippen LogP contribution in [0.1, 0.15) is 30.2 Å². The predicted octanol–water partition coefficient (Wildman–Crippen LogP) is 5.35. The summed E-state index contributed by atoms with van der Waals surface area (Å²) in [5.41, 5.74) is 2.53. The molecule has 7 nitrogen and oxygen atoms in total. The second-order valence-electron chi connectivity index (χ2n) is 7.49. The SMILES string of the molecule is Cc1nn(C)c(Oc2cc(O[C@@H](C)C(=O)O)c(CCCOc3ccccc3)cc2Cl)c1C. The minimum Gasteiger partial charge on any atom is -0.494 e. The molecule has 3 aromatic rings. The lowest BCUT2D eigenvalue weighted by atomic mass is 10.1. The fraction of sp³-hybridized carbons (Fsp3) is 0.333. The van der Waals surface area contributed by atoms with Gasteiger partial charge in [0.05, 0.1) is 17.3 Å². The molecule has 1 N–H and O–H groups in total. The van der Waals surface area contributed by atoms with Gasteiger partial charge in [0.2, 0.25) is 5.88 Å². The van der Waals surface area contributed by atoms with E-state index in [-0.39, 0.29) is 0 Å².